The van der Waals surface area contributed by atoms with Crippen LogP contribution in [-0.4, -0.2) is 44.1 Å². The number of Topliss-reactive ketones (excluding diaryl/α,β-unsaturated/α-hetero) is 1. The zero-order valence-electron chi connectivity index (χ0n) is 13.7. The van der Waals surface area contributed by atoms with Crippen molar-refractivity contribution in [3.63, 3.8) is 0 Å². The second kappa shape index (κ2) is 7.41. The van der Waals surface area contributed by atoms with Crippen molar-refractivity contribution in [1.29, 1.82) is 0 Å². The number of para-hydroxylation sites is 2. The first kappa shape index (κ1) is 18.6. The van der Waals surface area contributed by atoms with Crippen LogP contribution in [0.2, 0.25) is 0 Å². The zero-order chi connectivity index (χ0) is 18.6. The molecule has 132 valence electrons. The van der Waals surface area contributed by atoms with E-state index in [1.807, 2.05) is 0 Å². The van der Waals surface area contributed by atoms with E-state index in [1.54, 1.807) is 6.07 Å². The van der Waals surface area contributed by atoms with Gasteiger partial charge in [-0.1, -0.05) is 24.3 Å². The topological polar surface area (TPSA) is 110 Å². The van der Waals surface area contributed by atoms with Crippen LogP contribution >= 0.6 is 0 Å². The van der Waals surface area contributed by atoms with E-state index in [-0.39, 0.29) is 34.2 Å². The summed E-state index contributed by atoms with van der Waals surface area (Å²) in [6.07, 6.45) is 0. The number of nitro groups is 1. The lowest BCUT2D eigenvalue weighted by Crippen LogP contribution is -2.22. The molecule has 0 aliphatic heterocycles. The highest BCUT2D eigenvalue weighted by atomic mass is 32.2. The monoisotopic (exact) mass is 363 g/mol. The van der Waals surface area contributed by atoms with Crippen LogP contribution < -0.4 is 5.32 Å². The zero-order valence-corrected chi connectivity index (χ0v) is 14.5. The van der Waals surface area contributed by atoms with Gasteiger partial charge >= 0.3 is 0 Å². The minimum atomic E-state index is -3.65. The summed E-state index contributed by atoms with van der Waals surface area (Å²) in [7, 11) is -0.841. The number of nitrogens with zero attached hydrogens (tertiary/aromatic N) is 2. The van der Waals surface area contributed by atoms with Gasteiger partial charge in [0.15, 0.2) is 5.78 Å². The number of benzene rings is 2. The predicted octanol–water partition coefficient (Wildman–Crippen LogP) is 2.14. The summed E-state index contributed by atoms with van der Waals surface area (Å²) in [5.74, 6) is -0.381. The van der Waals surface area contributed by atoms with E-state index in [0.29, 0.717) is 0 Å². The van der Waals surface area contributed by atoms with E-state index in [1.165, 1.54) is 56.6 Å². The van der Waals surface area contributed by atoms with Crippen molar-refractivity contribution >= 4 is 27.2 Å². The van der Waals surface area contributed by atoms with Gasteiger partial charge in [-0.25, -0.2) is 12.7 Å². The maximum Gasteiger partial charge on any atom is 0.292 e. The van der Waals surface area contributed by atoms with Crippen LogP contribution in [0.3, 0.4) is 0 Å². The Morgan fingerprint density at radius 3 is 2.48 bits per heavy atom. The third-order valence-corrected chi connectivity index (χ3v) is 5.29. The lowest BCUT2D eigenvalue weighted by molar-refractivity contribution is -0.383. The first-order valence-corrected chi connectivity index (χ1v) is 8.70. The number of sulfonamides is 1. The molecule has 2 rings (SSSR count). The molecule has 2 aromatic rings. The molecule has 0 aromatic heterocycles. The predicted molar refractivity (Wildman–Crippen MR) is 93.2 cm³/mol. The number of hydrogen-bond acceptors (Lipinski definition) is 6. The van der Waals surface area contributed by atoms with Gasteiger partial charge in [-0.2, -0.15) is 0 Å². The van der Waals surface area contributed by atoms with Gasteiger partial charge in [0.05, 0.1) is 16.4 Å². The van der Waals surface area contributed by atoms with Crippen LogP contribution in [0.15, 0.2) is 53.4 Å². The van der Waals surface area contributed by atoms with Crippen molar-refractivity contribution in [2.75, 3.05) is 26.0 Å². The molecule has 0 saturated carbocycles. The molecule has 0 spiro atoms. The molecule has 2 aromatic carbocycles. The first-order valence-electron chi connectivity index (χ1n) is 7.26. The van der Waals surface area contributed by atoms with Gasteiger partial charge in [0.2, 0.25) is 10.0 Å². The fourth-order valence-electron chi connectivity index (χ4n) is 2.10. The normalized spacial score (nSPS) is 11.3. The van der Waals surface area contributed by atoms with Crippen LogP contribution in [-0.2, 0) is 10.0 Å². The lowest BCUT2D eigenvalue weighted by atomic mass is 10.1. The van der Waals surface area contributed by atoms with Crippen molar-refractivity contribution in [2.24, 2.45) is 0 Å². The first-order chi connectivity index (χ1) is 11.7. The molecule has 1 N–H and O–H groups in total. The smallest absolute Gasteiger partial charge is 0.292 e. The number of nitro benzene ring substituents is 1. The summed E-state index contributed by atoms with van der Waals surface area (Å²) in [5, 5.41) is 13.7. The van der Waals surface area contributed by atoms with Gasteiger partial charge in [0.25, 0.3) is 5.69 Å². The number of rotatable bonds is 7. The molecule has 0 aliphatic carbocycles. The van der Waals surface area contributed by atoms with E-state index >= 15 is 0 Å². The van der Waals surface area contributed by atoms with Crippen molar-refractivity contribution < 1.29 is 18.1 Å². The third kappa shape index (κ3) is 4.20. The Hall–Kier alpha value is -2.78. The van der Waals surface area contributed by atoms with Crippen molar-refractivity contribution in [1.82, 2.24) is 4.31 Å². The van der Waals surface area contributed by atoms with Gasteiger partial charge in [-0.3, -0.25) is 14.9 Å². The van der Waals surface area contributed by atoms with Gasteiger partial charge in [0.1, 0.15) is 5.69 Å². The Kier molecular flexibility index (Phi) is 5.50. The van der Waals surface area contributed by atoms with Crippen LogP contribution in [0.4, 0.5) is 11.4 Å². The molecule has 0 atom stereocenters. The molecule has 0 aliphatic rings. The number of anilines is 1. The Morgan fingerprint density at radius 1 is 1.16 bits per heavy atom. The van der Waals surface area contributed by atoms with Crippen molar-refractivity contribution in [3.05, 3.63) is 64.2 Å². The molecule has 0 radical (unpaired) electrons. The lowest BCUT2D eigenvalue weighted by Gasteiger charge is -2.12. The molecule has 0 fully saturated rings. The fraction of sp³-hybridized carbons (Fsp3) is 0.188. The number of hydrogen-bond donors (Lipinski definition) is 1. The maximum atomic E-state index is 12.3. The van der Waals surface area contributed by atoms with E-state index < -0.39 is 14.9 Å². The molecule has 0 amide bonds. The van der Waals surface area contributed by atoms with Gasteiger partial charge in [0, 0.05) is 25.7 Å². The number of ketones is 1. The summed E-state index contributed by atoms with van der Waals surface area (Å²) in [6, 6.07) is 11.6. The molecule has 25 heavy (non-hydrogen) atoms. The minimum Gasteiger partial charge on any atom is -0.372 e. The molecule has 0 unspecified atom stereocenters. The summed E-state index contributed by atoms with van der Waals surface area (Å²) >= 11 is 0. The Morgan fingerprint density at radius 2 is 1.84 bits per heavy atom. The number of nitrogens with one attached hydrogen (secondary N) is 1. The maximum absolute atomic E-state index is 12.3. The molecule has 0 heterocycles. The summed E-state index contributed by atoms with van der Waals surface area (Å²) in [4.78, 5) is 22.7. The van der Waals surface area contributed by atoms with Crippen molar-refractivity contribution in [2.45, 2.75) is 4.90 Å². The molecule has 0 bridgehead atoms. The van der Waals surface area contributed by atoms with Gasteiger partial charge < -0.3 is 5.32 Å². The molecule has 0 saturated heterocycles. The Bertz CT molecular complexity index is 909. The van der Waals surface area contributed by atoms with Crippen LogP contribution in [0.1, 0.15) is 10.4 Å². The highest BCUT2D eigenvalue weighted by molar-refractivity contribution is 7.89. The second-order valence-corrected chi connectivity index (χ2v) is 7.52. The number of carbonyl (C=O) groups excluding carboxylic acids is 1. The molecular weight excluding hydrogens is 346 g/mol. The highest BCUT2D eigenvalue weighted by Crippen LogP contribution is 2.23. The Balaban J connectivity index is 2.19. The summed E-state index contributed by atoms with van der Waals surface area (Å²) in [6.45, 7) is -0.198. The minimum absolute atomic E-state index is 0.00837. The van der Waals surface area contributed by atoms with E-state index in [2.05, 4.69) is 5.32 Å². The standard InChI is InChI=1S/C16H17N3O5S/c1-18(2)25(23,24)13-7-5-6-12(10-13)16(20)11-17-14-8-3-4-9-15(14)19(21)22/h3-10,17H,11H2,1-2H3. The van der Waals surface area contributed by atoms with E-state index in [9.17, 15) is 23.3 Å². The van der Waals surface area contributed by atoms with Crippen LogP contribution in [0, 0.1) is 10.1 Å². The number of carbonyl (C=O) groups is 1. The fourth-order valence-corrected chi connectivity index (χ4v) is 3.05. The van der Waals surface area contributed by atoms with Gasteiger partial charge in [-0.05, 0) is 18.2 Å². The van der Waals surface area contributed by atoms with Crippen molar-refractivity contribution in [3.8, 4) is 0 Å². The molecule has 9 heteroatoms. The van der Waals surface area contributed by atoms with Gasteiger partial charge in [-0.15, -0.1) is 0 Å². The van der Waals surface area contributed by atoms with Crippen LogP contribution in [0.5, 0.6) is 0 Å². The highest BCUT2D eigenvalue weighted by Gasteiger charge is 2.19. The second-order valence-electron chi connectivity index (χ2n) is 5.37. The average Bonchev–Trinajstić information content (AvgIpc) is 2.59. The SMILES string of the molecule is CN(C)S(=O)(=O)c1cccc(C(=O)CNc2ccccc2[N+](=O)[O-])c1. The third-order valence-electron chi connectivity index (χ3n) is 3.47. The molecular formula is C16H17N3O5S. The summed E-state index contributed by atoms with van der Waals surface area (Å²) < 4.78 is 25.3. The average molecular weight is 363 g/mol. The quantitative estimate of drug-likeness (QED) is 0.458. The van der Waals surface area contributed by atoms with Crippen LogP contribution in [0.25, 0.3) is 0 Å². The molecule has 8 nitrogen and oxygen atoms in total. The largest absolute Gasteiger partial charge is 0.372 e. The summed E-state index contributed by atoms with van der Waals surface area (Å²) in [5.41, 5.74) is 0.283. The van der Waals surface area contributed by atoms with E-state index in [4.69, 9.17) is 0 Å². The van der Waals surface area contributed by atoms with E-state index in [0.717, 1.165) is 4.31 Å². The Labute approximate surface area is 145 Å².